The summed E-state index contributed by atoms with van der Waals surface area (Å²) in [5, 5.41) is 10.6. The van der Waals surface area contributed by atoms with Crippen molar-refractivity contribution in [3.05, 3.63) is 39.3 Å². The quantitative estimate of drug-likeness (QED) is 0.685. The molecule has 5 nitrogen and oxygen atoms in total. The summed E-state index contributed by atoms with van der Waals surface area (Å²) in [4.78, 5) is 0. The molecule has 0 bridgehead atoms. The Labute approximate surface area is 124 Å². The second-order valence-electron chi connectivity index (χ2n) is 4.11. The number of benzene rings is 1. The van der Waals surface area contributed by atoms with Gasteiger partial charge in [0.15, 0.2) is 0 Å². The zero-order valence-corrected chi connectivity index (χ0v) is 12.9. The summed E-state index contributed by atoms with van der Waals surface area (Å²) in [5.74, 6) is 0.812. The number of nitrogens with zero attached hydrogens (tertiary/aromatic N) is 3. The molecule has 1 N–H and O–H groups in total. The lowest BCUT2D eigenvalue weighted by Gasteiger charge is -2.11. The second-order valence-corrected chi connectivity index (χ2v) is 5.35. The van der Waals surface area contributed by atoms with Crippen molar-refractivity contribution in [1.29, 1.82) is 0 Å². The zero-order chi connectivity index (χ0) is 13.8. The fourth-order valence-corrected chi connectivity index (χ4v) is 2.04. The molecule has 0 aliphatic rings. The van der Waals surface area contributed by atoms with Gasteiger partial charge >= 0.3 is 0 Å². The van der Waals surface area contributed by atoms with Crippen LogP contribution in [0.4, 0.5) is 0 Å². The summed E-state index contributed by atoms with van der Waals surface area (Å²) in [5.41, 5.74) is 0.936. The fourth-order valence-electron chi connectivity index (χ4n) is 1.40. The molecule has 0 unspecified atom stereocenters. The molecule has 0 fully saturated rings. The van der Waals surface area contributed by atoms with Gasteiger partial charge in [-0.3, -0.25) is 5.10 Å². The van der Waals surface area contributed by atoms with Gasteiger partial charge in [0.2, 0.25) is 4.77 Å². The van der Waals surface area contributed by atoms with Crippen molar-refractivity contribution in [2.45, 2.75) is 20.0 Å². The van der Waals surface area contributed by atoms with E-state index in [2.05, 4.69) is 31.2 Å². The molecule has 1 heterocycles. The van der Waals surface area contributed by atoms with E-state index >= 15 is 0 Å². The Kier molecular flexibility index (Phi) is 4.49. The van der Waals surface area contributed by atoms with Crippen molar-refractivity contribution in [3.63, 3.8) is 0 Å². The van der Waals surface area contributed by atoms with Crippen LogP contribution in [0.5, 0.6) is 5.75 Å². The van der Waals surface area contributed by atoms with Crippen LogP contribution in [0.2, 0.25) is 0 Å². The zero-order valence-electron chi connectivity index (χ0n) is 10.5. The topological polar surface area (TPSA) is 55.2 Å². The highest BCUT2D eigenvalue weighted by Crippen LogP contribution is 2.26. The van der Waals surface area contributed by atoms with Gasteiger partial charge in [-0.1, -0.05) is 0 Å². The summed E-state index contributed by atoms with van der Waals surface area (Å²) >= 11 is 8.47. The van der Waals surface area contributed by atoms with E-state index in [1.165, 1.54) is 11.0 Å². The maximum atomic E-state index is 5.64. The van der Waals surface area contributed by atoms with E-state index in [1.54, 1.807) is 6.21 Å². The monoisotopic (exact) mass is 340 g/mol. The Balaban J connectivity index is 2.19. The number of H-pyrrole nitrogens is 1. The van der Waals surface area contributed by atoms with Crippen molar-refractivity contribution in [2.24, 2.45) is 5.10 Å². The first-order valence-electron chi connectivity index (χ1n) is 5.69. The minimum atomic E-state index is 0.139. The number of rotatable bonds is 4. The molecule has 0 aliphatic heterocycles. The van der Waals surface area contributed by atoms with Crippen molar-refractivity contribution >= 4 is 34.4 Å². The van der Waals surface area contributed by atoms with Crippen LogP contribution in [0, 0.1) is 4.77 Å². The van der Waals surface area contributed by atoms with E-state index < -0.39 is 0 Å². The standard InChI is InChI=1S/C12H13BrN4OS/c1-8(2)18-11-4-3-9(5-10(11)13)6-15-17-7-14-16-12(17)19/h3-8H,1-2H3,(H,16,19)/b15-6-. The molecule has 2 rings (SSSR count). The summed E-state index contributed by atoms with van der Waals surface area (Å²) in [6, 6.07) is 5.76. The Morgan fingerprint density at radius 3 is 2.89 bits per heavy atom. The normalized spacial score (nSPS) is 11.4. The first kappa shape index (κ1) is 14.0. The van der Waals surface area contributed by atoms with Gasteiger partial charge in [-0.05, 0) is 65.8 Å². The molecule has 0 amide bonds. The van der Waals surface area contributed by atoms with Crippen molar-refractivity contribution < 1.29 is 4.74 Å². The highest BCUT2D eigenvalue weighted by molar-refractivity contribution is 9.10. The van der Waals surface area contributed by atoms with Crippen LogP contribution in [0.3, 0.4) is 0 Å². The van der Waals surface area contributed by atoms with Gasteiger partial charge in [0, 0.05) is 0 Å². The predicted molar refractivity (Wildman–Crippen MR) is 80.3 cm³/mol. The van der Waals surface area contributed by atoms with E-state index in [0.29, 0.717) is 4.77 Å². The van der Waals surface area contributed by atoms with Crippen molar-refractivity contribution in [2.75, 3.05) is 0 Å². The number of aromatic nitrogens is 3. The van der Waals surface area contributed by atoms with Gasteiger partial charge in [0.05, 0.1) is 16.8 Å². The van der Waals surface area contributed by atoms with Gasteiger partial charge in [-0.2, -0.15) is 14.9 Å². The van der Waals surface area contributed by atoms with E-state index in [9.17, 15) is 0 Å². The molecular formula is C12H13BrN4OS. The minimum absolute atomic E-state index is 0.139. The maximum absolute atomic E-state index is 5.64. The van der Waals surface area contributed by atoms with Crippen molar-refractivity contribution in [3.8, 4) is 5.75 Å². The molecule has 0 atom stereocenters. The Morgan fingerprint density at radius 1 is 1.53 bits per heavy atom. The van der Waals surface area contributed by atoms with Crippen LogP contribution >= 0.6 is 28.1 Å². The summed E-state index contributed by atoms with van der Waals surface area (Å²) in [6.07, 6.45) is 3.36. The van der Waals surface area contributed by atoms with Gasteiger partial charge in [0.25, 0.3) is 0 Å². The van der Waals surface area contributed by atoms with Crippen LogP contribution in [0.25, 0.3) is 0 Å². The van der Waals surface area contributed by atoms with E-state index in [1.807, 2.05) is 32.0 Å². The Hall–Kier alpha value is -1.47. The molecule has 19 heavy (non-hydrogen) atoms. The average Bonchev–Trinajstić information content (AvgIpc) is 2.75. The molecule has 0 saturated heterocycles. The van der Waals surface area contributed by atoms with E-state index in [-0.39, 0.29) is 6.10 Å². The van der Waals surface area contributed by atoms with Crippen molar-refractivity contribution in [1.82, 2.24) is 14.9 Å². The summed E-state index contributed by atoms with van der Waals surface area (Å²) in [7, 11) is 0. The summed E-state index contributed by atoms with van der Waals surface area (Å²) in [6.45, 7) is 3.98. The molecule has 0 saturated carbocycles. The Morgan fingerprint density at radius 2 is 2.32 bits per heavy atom. The molecule has 0 spiro atoms. The SMILES string of the molecule is CC(C)Oc1ccc(/C=N\n2cn[nH]c2=S)cc1Br. The van der Waals surface area contributed by atoms with E-state index in [4.69, 9.17) is 17.0 Å². The summed E-state index contributed by atoms with van der Waals surface area (Å²) < 4.78 is 8.47. The van der Waals surface area contributed by atoms with Crippen LogP contribution in [-0.4, -0.2) is 27.2 Å². The molecule has 1 aromatic heterocycles. The molecule has 2 aromatic rings. The molecule has 7 heteroatoms. The number of hydrogen-bond acceptors (Lipinski definition) is 4. The lowest BCUT2D eigenvalue weighted by Crippen LogP contribution is -2.06. The highest BCUT2D eigenvalue weighted by atomic mass is 79.9. The molecular weight excluding hydrogens is 328 g/mol. The van der Waals surface area contributed by atoms with Crippen LogP contribution in [-0.2, 0) is 0 Å². The number of ether oxygens (including phenoxy) is 1. The fraction of sp³-hybridized carbons (Fsp3) is 0.250. The lowest BCUT2D eigenvalue weighted by molar-refractivity contribution is 0.241. The van der Waals surface area contributed by atoms with Gasteiger partial charge < -0.3 is 4.74 Å². The number of hydrogen-bond donors (Lipinski definition) is 1. The van der Waals surface area contributed by atoms with Crippen LogP contribution in [0.15, 0.2) is 34.1 Å². The van der Waals surface area contributed by atoms with Gasteiger partial charge in [-0.15, -0.1) is 0 Å². The predicted octanol–water partition coefficient (Wildman–Crippen LogP) is 3.37. The first-order valence-corrected chi connectivity index (χ1v) is 6.89. The Bertz CT molecular complexity index is 647. The van der Waals surface area contributed by atoms with Crippen LogP contribution < -0.4 is 4.74 Å². The molecule has 0 aliphatic carbocycles. The third kappa shape index (κ3) is 3.74. The number of halogens is 1. The first-order chi connectivity index (χ1) is 9.06. The van der Waals surface area contributed by atoms with Gasteiger partial charge in [0.1, 0.15) is 12.1 Å². The largest absolute Gasteiger partial charge is 0.490 e. The van der Waals surface area contributed by atoms with Crippen LogP contribution in [0.1, 0.15) is 19.4 Å². The molecule has 0 radical (unpaired) electrons. The lowest BCUT2D eigenvalue weighted by atomic mass is 10.2. The van der Waals surface area contributed by atoms with E-state index in [0.717, 1.165) is 15.8 Å². The number of nitrogens with one attached hydrogen (secondary N) is 1. The molecule has 1 aromatic carbocycles. The smallest absolute Gasteiger partial charge is 0.216 e. The number of aromatic amines is 1. The maximum Gasteiger partial charge on any atom is 0.216 e. The minimum Gasteiger partial charge on any atom is -0.490 e. The second kappa shape index (κ2) is 6.12. The third-order valence-corrected chi connectivity index (χ3v) is 3.08. The molecule has 100 valence electrons. The average molecular weight is 341 g/mol. The van der Waals surface area contributed by atoms with Gasteiger partial charge in [-0.25, -0.2) is 0 Å². The third-order valence-electron chi connectivity index (χ3n) is 2.19. The highest BCUT2D eigenvalue weighted by Gasteiger charge is 2.03.